The van der Waals surface area contributed by atoms with Crippen LogP contribution in [0.3, 0.4) is 0 Å². The fourth-order valence-electron chi connectivity index (χ4n) is 2.01. The van der Waals surface area contributed by atoms with E-state index in [1.807, 2.05) is 6.92 Å². The number of nitrogens with zero attached hydrogens (tertiary/aromatic N) is 1. The summed E-state index contributed by atoms with van der Waals surface area (Å²) in [4.78, 5) is 24.4. The molecule has 0 saturated heterocycles. The lowest BCUT2D eigenvalue weighted by Gasteiger charge is -2.17. The van der Waals surface area contributed by atoms with E-state index in [0.717, 1.165) is 0 Å². The molecule has 0 radical (unpaired) electrons. The highest BCUT2D eigenvalue weighted by atomic mass is 16.5. The van der Waals surface area contributed by atoms with Gasteiger partial charge in [0.25, 0.3) is 5.91 Å². The van der Waals surface area contributed by atoms with Gasteiger partial charge in [0.1, 0.15) is 11.5 Å². The highest BCUT2D eigenvalue weighted by Gasteiger charge is 2.18. The number of aliphatic carboxylic acids is 1. The smallest absolute Gasteiger partial charge is 0.341 e. The summed E-state index contributed by atoms with van der Waals surface area (Å²) in [6.45, 7) is 1.52. The monoisotopic (exact) mass is 303 g/mol. The molecule has 2 rings (SSSR count). The lowest BCUT2D eigenvalue weighted by atomic mass is 10.2. The van der Waals surface area contributed by atoms with Crippen molar-refractivity contribution in [1.82, 2.24) is 0 Å². The number of carbonyl (C=O) groups excluding carboxylic acids is 1. The average Bonchev–Trinajstić information content (AvgIpc) is 3.00. The molecule has 1 aromatic carbocycles. The largest absolute Gasteiger partial charge is 0.482 e. The minimum atomic E-state index is -1.04. The van der Waals surface area contributed by atoms with Gasteiger partial charge in [-0.25, -0.2) is 4.79 Å². The first-order chi connectivity index (χ1) is 10.5. The summed E-state index contributed by atoms with van der Waals surface area (Å²) in [6.07, 6.45) is 2.15. The second-order valence-corrected chi connectivity index (χ2v) is 4.65. The van der Waals surface area contributed by atoms with Crippen LogP contribution in [0.1, 0.15) is 23.0 Å². The number of carboxylic acid groups (broad SMARTS) is 1. The number of anilines is 1. The Morgan fingerprint density at radius 2 is 1.91 bits per heavy atom. The third-order valence-electron chi connectivity index (χ3n) is 3.19. The molecule has 6 nitrogen and oxygen atoms in total. The van der Waals surface area contributed by atoms with Crippen LogP contribution < -0.4 is 9.64 Å². The van der Waals surface area contributed by atoms with E-state index in [-0.39, 0.29) is 5.91 Å². The molecule has 1 amide bonds. The number of carboxylic acids is 1. The fraction of sp³-hybridized carbons (Fsp3) is 0.250. The van der Waals surface area contributed by atoms with Crippen molar-refractivity contribution < 1.29 is 23.8 Å². The van der Waals surface area contributed by atoms with Crippen molar-refractivity contribution in [2.75, 3.05) is 18.6 Å². The minimum Gasteiger partial charge on any atom is -0.482 e. The van der Waals surface area contributed by atoms with Crippen molar-refractivity contribution in [3.05, 3.63) is 47.9 Å². The predicted octanol–water partition coefficient (Wildman–Crippen LogP) is 2.58. The van der Waals surface area contributed by atoms with Crippen LogP contribution in [0.2, 0.25) is 0 Å². The second kappa shape index (κ2) is 6.80. The number of carbonyl (C=O) groups is 2. The molecule has 1 N–H and O–H groups in total. The number of amides is 1. The standard InChI is InChI=1S/C16H17NO5/c1-3-14-13(8-9-21-14)16(20)17(2)11-4-6-12(7-5-11)22-10-15(18)19/h4-9H,3,10H2,1-2H3,(H,18,19). The molecule has 0 atom stereocenters. The van der Waals surface area contributed by atoms with E-state index in [1.165, 1.54) is 11.2 Å². The van der Waals surface area contributed by atoms with Crippen molar-refractivity contribution in [3.8, 4) is 5.75 Å². The molecule has 0 aliphatic heterocycles. The summed E-state index contributed by atoms with van der Waals surface area (Å²) >= 11 is 0. The van der Waals surface area contributed by atoms with Crippen LogP contribution in [0.4, 0.5) is 5.69 Å². The number of ether oxygens (including phenoxy) is 1. The molecule has 0 spiro atoms. The molecule has 0 fully saturated rings. The Labute approximate surface area is 127 Å². The number of aryl methyl sites for hydroxylation is 1. The zero-order valence-corrected chi connectivity index (χ0v) is 12.4. The maximum absolute atomic E-state index is 12.4. The van der Waals surface area contributed by atoms with E-state index in [9.17, 15) is 9.59 Å². The van der Waals surface area contributed by atoms with E-state index in [0.29, 0.717) is 29.2 Å². The van der Waals surface area contributed by atoms with E-state index >= 15 is 0 Å². The van der Waals surface area contributed by atoms with Crippen LogP contribution >= 0.6 is 0 Å². The first-order valence-corrected chi connectivity index (χ1v) is 6.82. The van der Waals surface area contributed by atoms with Crippen LogP contribution in [0.25, 0.3) is 0 Å². The third kappa shape index (κ3) is 3.46. The van der Waals surface area contributed by atoms with Crippen LogP contribution in [0.15, 0.2) is 41.0 Å². The Morgan fingerprint density at radius 3 is 2.50 bits per heavy atom. The molecule has 2 aromatic rings. The zero-order chi connectivity index (χ0) is 16.1. The SMILES string of the molecule is CCc1occc1C(=O)N(C)c1ccc(OCC(=O)O)cc1. The predicted molar refractivity (Wildman–Crippen MR) is 80.4 cm³/mol. The highest BCUT2D eigenvalue weighted by molar-refractivity contribution is 6.06. The van der Waals surface area contributed by atoms with E-state index in [2.05, 4.69) is 0 Å². The van der Waals surface area contributed by atoms with Crippen molar-refractivity contribution >= 4 is 17.6 Å². The molecule has 1 heterocycles. The minimum absolute atomic E-state index is 0.162. The van der Waals surface area contributed by atoms with Crippen LogP contribution in [0, 0.1) is 0 Å². The molecular formula is C16H17NO5. The number of rotatable bonds is 6. The second-order valence-electron chi connectivity index (χ2n) is 4.65. The van der Waals surface area contributed by atoms with Crippen LogP contribution in [-0.4, -0.2) is 30.6 Å². The molecule has 0 bridgehead atoms. The van der Waals surface area contributed by atoms with Gasteiger partial charge < -0.3 is 19.2 Å². The highest BCUT2D eigenvalue weighted by Crippen LogP contribution is 2.21. The van der Waals surface area contributed by atoms with E-state index < -0.39 is 12.6 Å². The zero-order valence-electron chi connectivity index (χ0n) is 12.4. The van der Waals surface area contributed by atoms with Gasteiger partial charge in [-0.15, -0.1) is 0 Å². The van der Waals surface area contributed by atoms with Gasteiger partial charge in [0, 0.05) is 19.2 Å². The third-order valence-corrected chi connectivity index (χ3v) is 3.19. The van der Waals surface area contributed by atoms with Gasteiger partial charge >= 0.3 is 5.97 Å². The Balaban J connectivity index is 2.10. The quantitative estimate of drug-likeness (QED) is 0.887. The molecule has 22 heavy (non-hydrogen) atoms. The Hall–Kier alpha value is -2.76. The molecule has 0 aliphatic carbocycles. The normalized spacial score (nSPS) is 10.3. The molecular weight excluding hydrogens is 286 g/mol. The summed E-state index contributed by atoms with van der Waals surface area (Å²) in [5.74, 6) is -0.115. The van der Waals surface area contributed by atoms with Crippen molar-refractivity contribution in [1.29, 1.82) is 0 Å². The lowest BCUT2D eigenvalue weighted by molar-refractivity contribution is -0.139. The number of furan rings is 1. The van der Waals surface area contributed by atoms with Crippen LogP contribution in [0.5, 0.6) is 5.75 Å². The van der Waals surface area contributed by atoms with Gasteiger partial charge in [0.2, 0.25) is 0 Å². The molecule has 0 aliphatic rings. The molecule has 0 unspecified atom stereocenters. The molecule has 6 heteroatoms. The maximum atomic E-state index is 12.4. The van der Waals surface area contributed by atoms with E-state index in [4.69, 9.17) is 14.3 Å². The fourth-order valence-corrected chi connectivity index (χ4v) is 2.01. The Kier molecular flexibility index (Phi) is 4.83. The molecule has 116 valence electrons. The van der Waals surface area contributed by atoms with Gasteiger partial charge in [-0.2, -0.15) is 0 Å². The molecule has 1 aromatic heterocycles. The average molecular weight is 303 g/mol. The van der Waals surface area contributed by atoms with Gasteiger partial charge in [-0.05, 0) is 30.3 Å². The van der Waals surface area contributed by atoms with Gasteiger partial charge in [-0.1, -0.05) is 6.92 Å². The van der Waals surface area contributed by atoms with Gasteiger partial charge in [0.15, 0.2) is 6.61 Å². The number of hydrogen-bond acceptors (Lipinski definition) is 4. The van der Waals surface area contributed by atoms with Gasteiger partial charge in [-0.3, -0.25) is 4.79 Å². The summed E-state index contributed by atoms with van der Waals surface area (Å²) in [7, 11) is 1.67. The van der Waals surface area contributed by atoms with Crippen molar-refractivity contribution in [2.24, 2.45) is 0 Å². The lowest BCUT2D eigenvalue weighted by Crippen LogP contribution is -2.26. The Morgan fingerprint density at radius 1 is 1.23 bits per heavy atom. The van der Waals surface area contributed by atoms with Crippen LogP contribution in [-0.2, 0) is 11.2 Å². The van der Waals surface area contributed by atoms with Gasteiger partial charge in [0.05, 0.1) is 11.8 Å². The summed E-state index contributed by atoms with van der Waals surface area (Å²) in [5.41, 5.74) is 1.21. The van der Waals surface area contributed by atoms with Crippen molar-refractivity contribution in [2.45, 2.75) is 13.3 Å². The summed E-state index contributed by atoms with van der Waals surface area (Å²) in [6, 6.07) is 8.29. The summed E-state index contributed by atoms with van der Waals surface area (Å²) in [5, 5.41) is 8.56. The maximum Gasteiger partial charge on any atom is 0.341 e. The Bertz CT molecular complexity index is 659. The molecule has 0 saturated carbocycles. The topological polar surface area (TPSA) is 80.0 Å². The first kappa shape index (κ1) is 15.6. The number of benzene rings is 1. The number of hydrogen-bond donors (Lipinski definition) is 1. The summed E-state index contributed by atoms with van der Waals surface area (Å²) < 4.78 is 10.3. The van der Waals surface area contributed by atoms with Crippen molar-refractivity contribution in [3.63, 3.8) is 0 Å². The first-order valence-electron chi connectivity index (χ1n) is 6.82. The van der Waals surface area contributed by atoms with E-state index in [1.54, 1.807) is 37.4 Å².